The number of carbonyl (C=O) groups excluding carboxylic acids is 2. The fourth-order valence-corrected chi connectivity index (χ4v) is 3.74. The van der Waals surface area contributed by atoms with E-state index >= 15 is 0 Å². The number of carbonyl (C=O) groups is 3. The van der Waals surface area contributed by atoms with E-state index in [-0.39, 0.29) is 24.6 Å². The number of hydrogen-bond donors (Lipinski definition) is 3. The number of amides is 2. The molecule has 0 saturated heterocycles. The molecule has 7 nitrogen and oxygen atoms in total. The fraction of sp³-hybridized carbons (Fsp3) is 0.292. The zero-order chi connectivity index (χ0) is 24.9. The third kappa shape index (κ3) is 6.15. The molecule has 1 aliphatic rings. The van der Waals surface area contributed by atoms with Gasteiger partial charge in [-0.15, -0.1) is 0 Å². The molecule has 3 rings (SSSR count). The summed E-state index contributed by atoms with van der Waals surface area (Å²) in [5, 5.41) is 12.9. The van der Waals surface area contributed by atoms with Crippen LogP contribution in [0.4, 0.5) is 18.0 Å². The second-order valence-electron chi connectivity index (χ2n) is 7.78. The number of rotatable bonds is 8. The Morgan fingerprint density at radius 2 is 1.62 bits per heavy atom. The zero-order valence-corrected chi connectivity index (χ0v) is 18.2. The summed E-state index contributed by atoms with van der Waals surface area (Å²) in [5.41, 5.74) is 3.76. The topological polar surface area (TPSA) is 105 Å². The predicted molar refractivity (Wildman–Crippen MR) is 117 cm³/mol. The fourth-order valence-electron chi connectivity index (χ4n) is 3.74. The molecule has 0 radical (unpaired) electrons. The van der Waals surface area contributed by atoms with Crippen molar-refractivity contribution in [3.8, 4) is 11.1 Å². The number of carboxylic acids is 1. The average molecular weight is 476 g/mol. The first kappa shape index (κ1) is 24.8. The molecule has 0 heterocycles. The lowest BCUT2D eigenvalue weighted by Crippen LogP contribution is -2.49. The highest BCUT2D eigenvalue weighted by Gasteiger charge is 2.37. The Labute approximate surface area is 193 Å². The second kappa shape index (κ2) is 10.4. The van der Waals surface area contributed by atoms with Crippen molar-refractivity contribution in [3.05, 3.63) is 71.3 Å². The van der Waals surface area contributed by atoms with Gasteiger partial charge in [0.1, 0.15) is 12.6 Å². The molecule has 2 aromatic carbocycles. The van der Waals surface area contributed by atoms with Crippen LogP contribution in [0.1, 0.15) is 30.4 Å². The van der Waals surface area contributed by atoms with Crippen LogP contribution in [0, 0.1) is 0 Å². The molecule has 3 N–H and O–H groups in total. The Bertz CT molecular complexity index is 1070. The minimum Gasteiger partial charge on any atom is -0.478 e. The van der Waals surface area contributed by atoms with E-state index < -0.39 is 36.6 Å². The molecule has 0 bridgehead atoms. The van der Waals surface area contributed by atoms with Crippen LogP contribution in [0.3, 0.4) is 0 Å². The largest absolute Gasteiger partial charge is 0.478 e. The molecule has 0 fully saturated rings. The van der Waals surface area contributed by atoms with Crippen LogP contribution in [0.2, 0.25) is 0 Å². The van der Waals surface area contributed by atoms with Crippen LogP contribution in [0.25, 0.3) is 11.1 Å². The lowest BCUT2D eigenvalue weighted by Gasteiger charge is -2.20. The standard InChI is InChI=1S/C24H23F3N2O5/c1-14(22(31)32)10-11-28-21(30)20(12-24(25,26)27)29-23(33)34-13-19-17-8-4-2-6-15(17)16-7-3-5-9-18(16)19/h2-10,19-20H,11-13H2,1H3,(H,28,30)(H,29,33)(H,31,32)/b14-10+. The first-order valence-electron chi connectivity index (χ1n) is 10.4. The maximum atomic E-state index is 13.0. The number of fused-ring (bicyclic) bond motifs is 3. The Morgan fingerprint density at radius 3 is 2.15 bits per heavy atom. The molecule has 0 aliphatic heterocycles. The van der Waals surface area contributed by atoms with Crippen molar-refractivity contribution >= 4 is 18.0 Å². The molecule has 1 unspecified atom stereocenters. The van der Waals surface area contributed by atoms with Crippen LogP contribution in [0.5, 0.6) is 0 Å². The van der Waals surface area contributed by atoms with Crippen molar-refractivity contribution < 1.29 is 37.4 Å². The molecule has 2 amide bonds. The molecular formula is C24H23F3N2O5. The summed E-state index contributed by atoms with van der Waals surface area (Å²) in [7, 11) is 0. The number of benzene rings is 2. The minimum absolute atomic E-state index is 0.0860. The third-order valence-electron chi connectivity index (χ3n) is 5.41. The highest BCUT2D eigenvalue weighted by molar-refractivity contribution is 5.87. The van der Waals surface area contributed by atoms with Gasteiger partial charge >= 0.3 is 18.2 Å². The van der Waals surface area contributed by atoms with Gasteiger partial charge in [0.25, 0.3) is 0 Å². The number of carboxylic acid groups (broad SMARTS) is 1. The molecule has 180 valence electrons. The lowest BCUT2D eigenvalue weighted by atomic mass is 9.98. The Balaban J connectivity index is 1.65. The number of nitrogens with one attached hydrogen (secondary N) is 2. The van der Waals surface area contributed by atoms with Gasteiger partial charge in [0.2, 0.25) is 5.91 Å². The van der Waals surface area contributed by atoms with Crippen LogP contribution < -0.4 is 10.6 Å². The van der Waals surface area contributed by atoms with Crippen LogP contribution in [0.15, 0.2) is 60.2 Å². The molecular weight excluding hydrogens is 453 g/mol. The smallest absolute Gasteiger partial charge is 0.407 e. The van der Waals surface area contributed by atoms with Gasteiger partial charge in [-0.3, -0.25) is 4.79 Å². The maximum absolute atomic E-state index is 13.0. The molecule has 1 atom stereocenters. The Hall–Kier alpha value is -3.82. The number of aliphatic carboxylic acids is 1. The normalized spacial score (nSPS) is 14.1. The van der Waals surface area contributed by atoms with Gasteiger partial charge in [0.05, 0.1) is 6.42 Å². The van der Waals surface area contributed by atoms with Crippen molar-refractivity contribution in [1.29, 1.82) is 0 Å². The molecule has 2 aromatic rings. The summed E-state index contributed by atoms with van der Waals surface area (Å²) in [6.45, 7) is 0.842. The summed E-state index contributed by atoms with van der Waals surface area (Å²) in [5.74, 6) is -2.63. The summed E-state index contributed by atoms with van der Waals surface area (Å²) in [6, 6.07) is 13.2. The first-order valence-corrected chi connectivity index (χ1v) is 10.4. The summed E-state index contributed by atoms with van der Waals surface area (Å²) < 4.78 is 44.1. The van der Waals surface area contributed by atoms with E-state index in [1.54, 1.807) is 0 Å². The SMILES string of the molecule is C/C(=C\CNC(=O)C(CC(F)(F)F)NC(=O)OCC1c2ccccc2-c2ccccc21)C(=O)O. The Morgan fingerprint density at radius 1 is 1.06 bits per heavy atom. The van der Waals surface area contributed by atoms with E-state index in [9.17, 15) is 27.6 Å². The second-order valence-corrected chi connectivity index (χ2v) is 7.78. The first-order chi connectivity index (χ1) is 16.1. The van der Waals surface area contributed by atoms with Gasteiger partial charge in [-0.1, -0.05) is 54.6 Å². The van der Waals surface area contributed by atoms with E-state index in [4.69, 9.17) is 9.84 Å². The van der Waals surface area contributed by atoms with E-state index in [0.717, 1.165) is 28.3 Å². The van der Waals surface area contributed by atoms with Crippen LogP contribution >= 0.6 is 0 Å². The molecule has 0 aromatic heterocycles. The number of alkyl carbamates (subject to hydrolysis) is 1. The number of hydrogen-bond acceptors (Lipinski definition) is 4. The van der Waals surface area contributed by atoms with Crippen molar-refractivity contribution in [2.45, 2.75) is 31.5 Å². The monoisotopic (exact) mass is 476 g/mol. The van der Waals surface area contributed by atoms with Crippen molar-refractivity contribution in [2.75, 3.05) is 13.2 Å². The third-order valence-corrected chi connectivity index (χ3v) is 5.41. The van der Waals surface area contributed by atoms with Crippen LogP contribution in [-0.2, 0) is 14.3 Å². The number of ether oxygens (including phenoxy) is 1. The highest BCUT2D eigenvalue weighted by Crippen LogP contribution is 2.44. The Kier molecular flexibility index (Phi) is 7.60. The van der Waals surface area contributed by atoms with Crippen molar-refractivity contribution in [1.82, 2.24) is 10.6 Å². The molecule has 1 aliphatic carbocycles. The number of alkyl halides is 3. The molecule has 10 heteroatoms. The van der Waals surface area contributed by atoms with Gasteiger partial charge in [0, 0.05) is 18.0 Å². The van der Waals surface area contributed by atoms with E-state index in [2.05, 4.69) is 5.32 Å². The molecule has 34 heavy (non-hydrogen) atoms. The van der Waals surface area contributed by atoms with Gasteiger partial charge in [-0.25, -0.2) is 9.59 Å². The van der Waals surface area contributed by atoms with Gasteiger partial charge in [-0.2, -0.15) is 13.2 Å². The zero-order valence-electron chi connectivity index (χ0n) is 18.2. The van der Waals surface area contributed by atoms with E-state index in [1.165, 1.54) is 6.92 Å². The average Bonchev–Trinajstić information content (AvgIpc) is 3.10. The summed E-state index contributed by atoms with van der Waals surface area (Å²) in [4.78, 5) is 35.3. The highest BCUT2D eigenvalue weighted by atomic mass is 19.4. The van der Waals surface area contributed by atoms with Gasteiger partial charge in [0.15, 0.2) is 0 Å². The van der Waals surface area contributed by atoms with Crippen molar-refractivity contribution in [3.63, 3.8) is 0 Å². The minimum atomic E-state index is -4.73. The van der Waals surface area contributed by atoms with Gasteiger partial charge < -0.3 is 20.5 Å². The lowest BCUT2D eigenvalue weighted by molar-refractivity contribution is -0.148. The summed E-state index contributed by atoms with van der Waals surface area (Å²) in [6.07, 6.45) is -6.36. The van der Waals surface area contributed by atoms with Gasteiger partial charge in [-0.05, 0) is 29.2 Å². The summed E-state index contributed by atoms with van der Waals surface area (Å²) >= 11 is 0. The van der Waals surface area contributed by atoms with E-state index in [0.29, 0.717) is 0 Å². The predicted octanol–water partition coefficient (Wildman–Crippen LogP) is 3.99. The van der Waals surface area contributed by atoms with E-state index in [1.807, 2.05) is 53.8 Å². The van der Waals surface area contributed by atoms with Crippen LogP contribution in [-0.4, -0.2) is 48.4 Å². The molecule has 0 spiro atoms. The number of halogens is 3. The quantitative estimate of drug-likeness (QED) is 0.500. The maximum Gasteiger partial charge on any atom is 0.407 e. The van der Waals surface area contributed by atoms with Crippen molar-refractivity contribution in [2.24, 2.45) is 0 Å². The molecule has 0 saturated carbocycles.